The second-order valence-corrected chi connectivity index (χ2v) is 7.17. The van der Waals surface area contributed by atoms with Crippen LogP contribution in [0.15, 0.2) is 18.2 Å². The molecule has 0 spiro atoms. The van der Waals surface area contributed by atoms with Gasteiger partial charge in [-0.1, -0.05) is 25.5 Å². The zero-order chi connectivity index (χ0) is 16.0. The molecule has 118 valence electrons. The van der Waals surface area contributed by atoms with Gasteiger partial charge in [-0.05, 0) is 52.1 Å². The van der Waals surface area contributed by atoms with Crippen LogP contribution in [0.1, 0.15) is 53.2 Å². The lowest BCUT2D eigenvalue weighted by molar-refractivity contribution is 0.00578. The first kappa shape index (κ1) is 15.6. The molecule has 1 fully saturated rings. The molecule has 0 amide bonds. The minimum absolute atomic E-state index is 0.311. The summed E-state index contributed by atoms with van der Waals surface area (Å²) in [7, 11) is -0.316. The van der Waals surface area contributed by atoms with Gasteiger partial charge in [0.15, 0.2) is 0 Å². The number of hydrogen-bond donors (Lipinski definition) is 1. The minimum atomic E-state index is -0.316. The van der Waals surface area contributed by atoms with Crippen LogP contribution < -0.4 is 5.46 Å². The van der Waals surface area contributed by atoms with Gasteiger partial charge >= 0.3 is 7.12 Å². The highest BCUT2D eigenvalue weighted by Gasteiger charge is 2.51. The molecule has 1 N–H and O–H groups in total. The van der Waals surface area contributed by atoms with Gasteiger partial charge in [0.05, 0.1) is 16.7 Å². The number of aromatic nitrogens is 2. The van der Waals surface area contributed by atoms with Gasteiger partial charge in [-0.25, -0.2) is 0 Å². The molecule has 0 radical (unpaired) electrons. The van der Waals surface area contributed by atoms with Gasteiger partial charge in [0.25, 0.3) is 0 Å². The largest absolute Gasteiger partial charge is 0.494 e. The van der Waals surface area contributed by atoms with Crippen molar-refractivity contribution in [3.63, 3.8) is 0 Å². The summed E-state index contributed by atoms with van der Waals surface area (Å²) >= 11 is 0. The number of aryl methyl sites for hydroxylation is 1. The van der Waals surface area contributed by atoms with Crippen molar-refractivity contribution in [2.75, 3.05) is 0 Å². The van der Waals surface area contributed by atoms with Crippen LogP contribution in [0.4, 0.5) is 0 Å². The third-order valence-corrected chi connectivity index (χ3v) is 4.96. The van der Waals surface area contributed by atoms with Crippen LogP contribution in [-0.4, -0.2) is 28.5 Å². The smallest absolute Gasteiger partial charge is 0.399 e. The lowest BCUT2D eigenvalue weighted by atomic mass is 9.78. The zero-order valence-electron chi connectivity index (χ0n) is 14.2. The van der Waals surface area contributed by atoms with E-state index in [4.69, 9.17) is 9.31 Å². The van der Waals surface area contributed by atoms with E-state index in [0.29, 0.717) is 0 Å². The topological polar surface area (TPSA) is 47.1 Å². The van der Waals surface area contributed by atoms with Crippen LogP contribution in [0.3, 0.4) is 0 Å². The van der Waals surface area contributed by atoms with Crippen molar-refractivity contribution in [3.05, 3.63) is 23.9 Å². The Bertz CT molecular complexity index is 662. The average Bonchev–Trinajstić information content (AvgIpc) is 2.94. The maximum absolute atomic E-state index is 6.14. The Morgan fingerprint density at radius 1 is 1.14 bits per heavy atom. The van der Waals surface area contributed by atoms with Gasteiger partial charge in [-0.3, -0.25) is 5.10 Å². The van der Waals surface area contributed by atoms with Crippen LogP contribution in [0.5, 0.6) is 0 Å². The quantitative estimate of drug-likeness (QED) is 0.882. The number of nitrogens with zero attached hydrogens (tertiary/aromatic N) is 1. The summed E-state index contributed by atoms with van der Waals surface area (Å²) in [5.41, 5.74) is 2.65. The van der Waals surface area contributed by atoms with Crippen molar-refractivity contribution < 1.29 is 9.31 Å². The molecular formula is C17H25BN2O2. The Morgan fingerprint density at radius 3 is 2.45 bits per heavy atom. The lowest BCUT2D eigenvalue weighted by Gasteiger charge is -2.32. The second kappa shape index (κ2) is 5.39. The molecule has 22 heavy (non-hydrogen) atoms. The Balaban J connectivity index is 1.92. The van der Waals surface area contributed by atoms with Crippen molar-refractivity contribution in [2.45, 2.75) is 65.1 Å². The molecule has 1 aromatic heterocycles. The van der Waals surface area contributed by atoms with E-state index < -0.39 is 0 Å². The van der Waals surface area contributed by atoms with Crippen LogP contribution >= 0.6 is 0 Å². The van der Waals surface area contributed by atoms with Gasteiger partial charge in [0, 0.05) is 11.1 Å². The fraction of sp³-hybridized carbons (Fsp3) is 0.588. The summed E-state index contributed by atoms with van der Waals surface area (Å²) in [5, 5.41) is 8.74. The van der Waals surface area contributed by atoms with E-state index in [-0.39, 0.29) is 18.3 Å². The lowest BCUT2D eigenvalue weighted by Crippen LogP contribution is -2.41. The van der Waals surface area contributed by atoms with E-state index in [1.54, 1.807) is 0 Å². The summed E-state index contributed by atoms with van der Waals surface area (Å²) < 4.78 is 12.3. The van der Waals surface area contributed by atoms with E-state index in [2.05, 4.69) is 56.9 Å². The Kier molecular flexibility index (Phi) is 3.81. The van der Waals surface area contributed by atoms with E-state index in [0.717, 1.165) is 23.8 Å². The molecule has 4 nitrogen and oxygen atoms in total. The molecule has 0 saturated carbocycles. The number of benzene rings is 1. The fourth-order valence-corrected chi connectivity index (χ4v) is 2.75. The molecule has 0 bridgehead atoms. The number of hydrogen-bond acceptors (Lipinski definition) is 3. The first-order chi connectivity index (χ1) is 10.3. The predicted molar refractivity (Wildman–Crippen MR) is 90.4 cm³/mol. The molecule has 2 heterocycles. The fourth-order valence-electron chi connectivity index (χ4n) is 2.75. The number of nitrogens with one attached hydrogen (secondary N) is 1. The van der Waals surface area contributed by atoms with Crippen molar-refractivity contribution >= 4 is 23.5 Å². The maximum Gasteiger partial charge on any atom is 0.494 e. The number of unbranched alkanes of at least 4 members (excludes halogenated alkanes) is 1. The molecule has 0 atom stereocenters. The predicted octanol–water partition coefficient (Wildman–Crippen LogP) is 3.20. The van der Waals surface area contributed by atoms with Gasteiger partial charge in [0.2, 0.25) is 0 Å². The Morgan fingerprint density at radius 2 is 1.82 bits per heavy atom. The van der Waals surface area contributed by atoms with Crippen LogP contribution in [0.2, 0.25) is 0 Å². The third-order valence-electron chi connectivity index (χ3n) is 4.96. The molecule has 5 heteroatoms. The normalized spacial score (nSPS) is 20.0. The van der Waals surface area contributed by atoms with Crippen molar-refractivity contribution in [1.82, 2.24) is 10.2 Å². The summed E-state index contributed by atoms with van der Waals surface area (Å²) in [4.78, 5) is 0. The molecule has 0 aliphatic carbocycles. The van der Waals surface area contributed by atoms with Crippen LogP contribution in [0.25, 0.3) is 10.9 Å². The summed E-state index contributed by atoms with van der Waals surface area (Å²) in [6, 6.07) is 6.25. The number of H-pyrrole nitrogens is 1. The van der Waals surface area contributed by atoms with E-state index >= 15 is 0 Å². The molecule has 1 saturated heterocycles. The molecular weight excluding hydrogens is 275 g/mol. The van der Waals surface area contributed by atoms with Crippen molar-refractivity contribution in [3.8, 4) is 0 Å². The number of fused-ring (bicyclic) bond motifs is 1. The molecule has 0 unspecified atom stereocenters. The Labute approximate surface area is 132 Å². The van der Waals surface area contributed by atoms with Gasteiger partial charge in [-0.2, -0.15) is 5.10 Å². The highest BCUT2D eigenvalue weighted by Crippen LogP contribution is 2.36. The molecule has 3 rings (SSSR count). The van der Waals surface area contributed by atoms with Gasteiger partial charge in [0.1, 0.15) is 0 Å². The SMILES string of the molecule is CCCCc1[nH]nc2ccc(B3OC(C)(C)C(C)(C)O3)cc12. The van der Waals surface area contributed by atoms with Gasteiger partial charge < -0.3 is 9.31 Å². The standard InChI is InChI=1S/C17H25BN2O2/c1-6-7-8-14-13-11-12(9-10-15(13)20-19-14)18-21-16(2,3)17(4,5)22-18/h9-11H,6-8H2,1-5H3,(H,19,20). The first-order valence-corrected chi connectivity index (χ1v) is 8.16. The van der Waals surface area contributed by atoms with E-state index in [1.165, 1.54) is 17.5 Å². The van der Waals surface area contributed by atoms with Crippen LogP contribution in [-0.2, 0) is 15.7 Å². The van der Waals surface area contributed by atoms with E-state index in [9.17, 15) is 0 Å². The molecule has 1 aliphatic rings. The minimum Gasteiger partial charge on any atom is -0.399 e. The average molecular weight is 300 g/mol. The third kappa shape index (κ3) is 2.57. The van der Waals surface area contributed by atoms with Crippen LogP contribution in [0, 0.1) is 0 Å². The molecule has 1 aliphatic heterocycles. The van der Waals surface area contributed by atoms with Crippen molar-refractivity contribution in [2.24, 2.45) is 0 Å². The highest BCUT2D eigenvalue weighted by atomic mass is 16.7. The summed E-state index contributed by atoms with van der Waals surface area (Å²) in [6.45, 7) is 10.5. The second-order valence-electron chi connectivity index (χ2n) is 7.17. The summed E-state index contributed by atoms with van der Waals surface area (Å²) in [6.07, 6.45) is 3.37. The highest BCUT2D eigenvalue weighted by molar-refractivity contribution is 6.62. The van der Waals surface area contributed by atoms with Gasteiger partial charge in [-0.15, -0.1) is 0 Å². The monoisotopic (exact) mass is 300 g/mol. The maximum atomic E-state index is 6.14. The first-order valence-electron chi connectivity index (χ1n) is 8.16. The Hall–Kier alpha value is -1.33. The van der Waals surface area contributed by atoms with E-state index in [1.807, 2.05) is 6.07 Å². The number of aromatic amines is 1. The number of rotatable bonds is 4. The summed E-state index contributed by atoms with van der Waals surface area (Å²) in [5.74, 6) is 0. The molecule has 2 aromatic rings. The van der Waals surface area contributed by atoms with Crippen molar-refractivity contribution in [1.29, 1.82) is 0 Å². The zero-order valence-corrected chi connectivity index (χ0v) is 14.2. The molecule has 1 aromatic carbocycles.